The summed E-state index contributed by atoms with van der Waals surface area (Å²) < 4.78 is 0. The second kappa shape index (κ2) is 16.4. The van der Waals surface area contributed by atoms with Gasteiger partial charge in [0.25, 0.3) is 0 Å². The molecule has 10 rings (SSSR count). The van der Waals surface area contributed by atoms with Crippen LogP contribution in [-0.4, -0.2) is 24.9 Å². The first kappa shape index (κ1) is 36.2. The van der Waals surface area contributed by atoms with E-state index in [-0.39, 0.29) is 0 Å². The monoisotopic (exact) mass is 767 g/mol. The summed E-state index contributed by atoms with van der Waals surface area (Å²) in [6.45, 7) is 0. The van der Waals surface area contributed by atoms with Crippen molar-refractivity contribution in [1.29, 1.82) is 0 Å². The van der Waals surface area contributed by atoms with Crippen LogP contribution >= 0.6 is 0 Å². The predicted octanol–water partition coefficient (Wildman–Crippen LogP) is 13.7. The molecule has 8 aromatic carbocycles. The third-order valence-electron chi connectivity index (χ3n) is 10.6. The number of nitrogens with zero attached hydrogens (tertiary/aromatic N) is 5. The van der Waals surface area contributed by atoms with Gasteiger partial charge in [-0.2, -0.15) is 0 Å². The molecule has 282 valence electrons. The lowest BCUT2D eigenvalue weighted by Crippen LogP contribution is -2.00. The smallest absolute Gasteiger partial charge is 0.164 e. The molecule has 0 bridgehead atoms. The summed E-state index contributed by atoms with van der Waals surface area (Å²) in [5.74, 6) is 2.54. The Balaban J connectivity index is 0.993. The molecule has 0 N–H and O–H groups in total. The average molecular weight is 768 g/mol. The molecule has 0 aliphatic heterocycles. The van der Waals surface area contributed by atoms with E-state index < -0.39 is 0 Å². The predicted molar refractivity (Wildman–Crippen MR) is 244 cm³/mol. The summed E-state index contributed by atoms with van der Waals surface area (Å²) in [4.78, 5) is 25.2. The molecule has 0 aliphatic rings. The van der Waals surface area contributed by atoms with Crippen molar-refractivity contribution < 1.29 is 0 Å². The minimum Gasteiger partial charge on any atom is -0.228 e. The Morgan fingerprint density at radius 2 is 0.450 bits per heavy atom. The summed E-state index contributed by atoms with van der Waals surface area (Å²) >= 11 is 0. The number of benzene rings is 8. The highest BCUT2D eigenvalue weighted by Gasteiger charge is 2.15. The summed E-state index contributed by atoms with van der Waals surface area (Å²) in [5, 5.41) is 0. The lowest BCUT2D eigenvalue weighted by molar-refractivity contribution is 1.07. The van der Waals surface area contributed by atoms with Crippen molar-refractivity contribution in [1.82, 2.24) is 24.9 Å². The largest absolute Gasteiger partial charge is 0.228 e. The van der Waals surface area contributed by atoms with E-state index in [9.17, 15) is 0 Å². The fraction of sp³-hybridized carbons (Fsp3) is 0. The molecular formula is C55H37N5. The quantitative estimate of drug-likeness (QED) is 0.146. The summed E-state index contributed by atoms with van der Waals surface area (Å²) in [6, 6.07) is 77.1. The van der Waals surface area contributed by atoms with Gasteiger partial charge in [0.15, 0.2) is 23.3 Å². The molecular weight excluding hydrogens is 731 g/mol. The highest BCUT2D eigenvalue weighted by Crippen LogP contribution is 2.33. The second-order valence-electron chi connectivity index (χ2n) is 14.6. The first-order valence-electron chi connectivity index (χ1n) is 20.0. The fourth-order valence-corrected chi connectivity index (χ4v) is 7.44. The molecule has 0 spiro atoms. The van der Waals surface area contributed by atoms with Gasteiger partial charge in [0, 0.05) is 33.4 Å². The Hall–Kier alpha value is -8.15. The maximum atomic E-state index is 5.09. The van der Waals surface area contributed by atoms with E-state index in [0.29, 0.717) is 23.3 Å². The van der Waals surface area contributed by atoms with E-state index in [0.717, 1.165) is 67.0 Å². The summed E-state index contributed by atoms with van der Waals surface area (Å²) in [5.41, 5.74) is 14.2. The number of aromatic nitrogens is 5. The van der Waals surface area contributed by atoms with Crippen molar-refractivity contribution in [2.45, 2.75) is 0 Å². The lowest BCUT2D eigenvalue weighted by Gasteiger charge is -2.11. The van der Waals surface area contributed by atoms with Crippen LogP contribution in [0.3, 0.4) is 0 Å². The highest BCUT2D eigenvalue weighted by atomic mass is 15.0. The zero-order valence-corrected chi connectivity index (χ0v) is 32.6. The van der Waals surface area contributed by atoms with Gasteiger partial charge in [-0.25, -0.2) is 24.9 Å². The van der Waals surface area contributed by atoms with Crippen LogP contribution in [0, 0.1) is 0 Å². The Labute approximate surface area is 349 Å². The van der Waals surface area contributed by atoms with Gasteiger partial charge < -0.3 is 0 Å². The molecule has 2 aromatic heterocycles. The Morgan fingerprint density at radius 1 is 0.167 bits per heavy atom. The van der Waals surface area contributed by atoms with Gasteiger partial charge in [0.05, 0.1) is 11.4 Å². The minimum absolute atomic E-state index is 0.610. The number of hydrogen-bond donors (Lipinski definition) is 0. The molecule has 10 aromatic rings. The number of rotatable bonds is 9. The molecule has 0 saturated carbocycles. The maximum absolute atomic E-state index is 5.09. The normalized spacial score (nSPS) is 11.0. The van der Waals surface area contributed by atoms with Gasteiger partial charge in [0.2, 0.25) is 0 Å². The van der Waals surface area contributed by atoms with Crippen molar-refractivity contribution in [3.05, 3.63) is 224 Å². The first-order chi connectivity index (χ1) is 29.7. The lowest BCUT2D eigenvalue weighted by atomic mass is 9.98. The van der Waals surface area contributed by atoms with Gasteiger partial charge >= 0.3 is 0 Å². The molecule has 0 fully saturated rings. The Bertz CT molecular complexity index is 3000. The van der Waals surface area contributed by atoms with E-state index in [4.69, 9.17) is 24.9 Å². The Morgan fingerprint density at radius 3 is 0.967 bits per heavy atom. The van der Waals surface area contributed by atoms with Gasteiger partial charge in [-0.05, 0) is 57.6 Å². The van der Waals surface area contributed by atoms with Crippen molar-refractivity contribution in [3.63, 3.8) is 0 Å². The minimum atomic E-state index is 0.610. The van der Waals surface area contributed by atoms with E-state index in [1.54, 1.807) is 0 Å². The third-order valence-corrected chi connectivity index (χ3v) is 10.6. The molecule has 0 aliphatic carbocycles. The van der Waals surface area contributed by atoms with Crippen molar-refractivity contribution in [3.8, 4) is 101 Å². The van der Waals surface area contributed by atoms with Crippen molar-refractivity contribution in [2.24, 2.45) is 0 Å². The molecule has 60 heavy (non-hydrogen) atoms. The SMILES string of the molecule is c1ccc(-c2cccc(-c3cccc(-c4nc(-c5ccccc5)nc(-c5ccc(-c6cccc(-c7cc(-c8ccccc8)nc(-c8ccccc8)n7)c6)cc5)n4)c3)c2)cc1. The Kier molecular flexibility index (Phi) is 9.88. The van der Waals surface area contributed by atoms with E-state index in [2.05, 4.69) is 140 Å². The average Bonchev–Trinajstić information content (AvgIpc) is 3.35. The van der Waals surface area contributed by atoms with E-state index >= 15 is 0 Å². The van der Waals surface area contributed by atoms with Crippen LogP contribution in [-0.2, 0) is 0 Å². The van der Waals surface area contributed by atoms with Crippen molar-refractivity contribution in [2.75, 3.05) is 0 Å². The van der Waals surface area contributed by atoms with Crippen LogP contribution < -0.4 is 0 Å². The van der Waals surface area contributed by atoms with Crippen LogP contribution in [0.1, 0.15) is 0 Å². The summed E-state index contributed by atoms with van der Waals surface area (Å²) in [6.07, 6.45) is 0. The van der Waals surface area contributed by atoms with Crippen LogP contribution in [0.15, 0.2) is 224 Å². The standard InChI is InChI=1S/C55H37N5/c1-5-16-38(17-6-1)44-24-13-26-46(34-44)47-27-15-29-49(36-47)55-59-53(42-22-11-4-12-23-42)58-54(60-55)43-32-30-39(31-33-43)45-25-14-28-48(35-45)51-37-50(40-18-7-2-8-19-40)56-52(57-51)41-20-9-3-10-21-41/h1-37H. The molecule has 0 saturated heterocycles. The van der Waals surface area contributed by atoms with Gasteiger partial charge in [-0.3, -0.25) is 0 Å². The topological polar surface area (TPSA) is 64.5 Å². The molecule has 0 atom stereocenters. The van der Waals surface area contributed by atoms with E-state index in [1.165, 1.54) is 11.1 Å². The van der Waals surface area contributed by atoms with Crippen LogP contribution in [0.2, 0.25) is 0 Å². The highest BCUT2D eigenvalue weighted by molar-refractivity contribution is 5.79. The van der Waals surface area contributed by atoms with E-state index in [1.807, 2.05) is 84.9 Å². The van der Waals surface area contributed by atoms with Gasteiger partial charge in [-0.1, -0.05) is 200 Å². The van der Waals surface area contributed by atoms with Gasteiger partial charge in [-0.15, -0.1) is 0 Å². The fourth-order valence-electron chi connectivity index (χ4n) is 7.44. The molecule has 5 heteroatoms. The zero-order chi connectivity index (χ0) is 40.1. The molecule has 0 unspecified atom stereocenters. The molecule has 2 heterocycles. The second-order valence-corrected chi connectivity index (χ2v) is 14.6. The van der Waals surface area contributed by atoms with Crippen LogP contribution in [0.25, 0.3) is 101 Å². The zero-order valence-electron chi connectivity index (χ0n) is 32.6. The maximum Gasteiger partial charge on any atom is 0.164 e. The third kappa shape index (κ3) is 7.76. The molecule has 0 amide bonds. The summed E-state index contributed by atoms with van der Waals surface area (Å²) in [7, 11) is 0. The van der Waals surface area contributed by atoms with Crippen LogP contribution in [0.4, 0.5) is 0 Å². The van der Waals surface area contributed by atoms with Crippen molar-refractivity contribution >= 4 is 0 Å². The van der Waals surface area contributed by atoms with Crippen LogP contribution in [0.5, 0.6) is 0 Å². The molecule has 0 radical (unpaired) electrons. The van der Waals surface area contributed by atoms with Gasteiger partial charge in [0.1, 0.15) is 0 Å². The first-order valence-corrected chi connectivity index (χ1v) is 20.0. The molecule has 5 nitrogen and oxygen atoms in total. The number of hydrogen-bond acceptors (Lipinski definition) is 5.